The summed E-state index contributed by atoms with van der Waals surface area (Å²) in [5.74, 6) is 0.520. The second-order valence-electron chi connectivity index (χ2n) is 3.81. The molecule has 1 rings (SSSR count). The van der Waals surface area contributed by atoms with Gasteiger partial charge in [0.2, 0.25) is 5.88 Å². The lowest BCUT2D eigenvalue weighted by molar-refractivity contribution is 0.0639. The number of nitrogens with zero attached hydrogens (tertiary/aromatic N) is 3. The van der Waals surface area contributed by atoms with E-state index in [0.29, 0.717) is 43.6 Å². The Hall–Kier alpha value is -1.58. The van der Waals surface area contributed by atoms with E-state index in [1.807, 2.05) is 0 Å². The number of ether oxygens (including phenoxy) is 3. The molecule has 1 aromatic rings. The molecule has 0 aliphatic heterocycles. The maximum absolute atomic E-state index is 8.99. The second-order valence-corrected chi connectivity index (χ2v) is 3.81. The molecule has 18 heavy (non-hydrogen) atoms. The van der Waals surface area contributed by atoms with Crippen molar-refractivity contribution in [2.75, 3.05) is 33.5 Å². The molecule has 0 aliphatic carbocycles. The summed E-state index contributed by atoms with van der Waals surface area (Å²) in [7, 11) is 3.40. The Morgan fingerprint density at radius 2 is 2.06 bits per heavy atom. The zero-order valence-corrected chi connectivity index (χ0v) is 11.1. The molecule has 0 spiro atoms. The number of rotatable bonds is 8. The van der Waals surface area contributed by atoms with Crippen molar-refractivity contribution in [3.8, 4) is 11.9 Å². The average molecular weight is 253 g/mol. The topological polar surface area (TPSA) is 69.3 Å². The number of aromatic nitrogens is 2. The van der Waals surface area contributed by atoms with Crippen molar-refractivity contribution in [1.82, 2.24) is 9.78 Å². The Kier molecular flexibility index (Phi) is 6.19. The maximum atomic E-state index is 8.99. The van der Waals surface area contributed by atoms with E-state index in [4.69, 9.17) is 19.5 Å². The summed E-state index contributed by atoms with van der Waals surface area (Å²) in [6, 6.07) is 2.10. The maximum Gasteiger partial charge on any atom is 0.230 e. The Balaban J connectivity index is 2.30. The Labute approximate surface area is 107 Å². The summed E-state index contributed by atoms with van der Waals surface area (Å²) in [5.41, 5.74) is 1.18. The number of aryl methyl sites for hydroxylation is 2. The van der Waals surface area contributed by atoms with Gasteiger partial charge >= 0.3 is 0 Å². The summed E-state index contributed by atoms with van der Waals surface area (Å²) < 4.78 is 17.3. The van der Waals surface area contributed by atoms with E-state index < -0.39 is 0 Å². The molecule has 0 N–H and O–H groups in total. The summed E-state index contributed by atoms with van der Waals surface area (Å²) in [6.07, 6.45) is 0.763. The fraction of sp³-hybridized carbons (Fsp3) is 0.667. The quantitative estimate of drug-likeness (QED) is 0.647. The number of nitriles is 1. The van der Waals surface area contributed by atoms with Crippen LogP contribution < -0.4 is 4.74 Å². The lowest BCUT2D eigenvalue weighted by atomic mass is 10.3. The van der Waals surface area contributed by atoms with E-state index in [-0.39, 0.29) is 0 Å². The van der Waals surface area contributed by atoms with Gasteiger partial charge in [-0.3, -0.25) is 0 Å². The van der Waals surface area contributed by atoms with Crippen molar-refractivity contribution >= 4 is 0 Å². The van der Waals surface area contributed by atoms with Gasteiger partial charge in [0.25, 0.3) is 0 Å². The van der Waals surface area contributed by atoms with Gasteiger partial charge in [0.1, 0.15) is 11.6 Å². The Morgan fingerprint density at radius 3 is 2.72 bits per heavy atom. The van der Waals surface area contributed by atoms with Crippen LogP contribution in [0.3, 0.4) is 0 Å². The van der Waals surface area contributed by atoms with E-state index in [0.717, 1.165) is 6.42 Å². The molecule has 0 saturated carbocycles. The summed E-state index contributed by atoms with van der Waals surface area (Å²) in [4.78, 5) is 0. The van der Waals surface area contributed by atoms with Gasteiger partial charge in [0.15, 0.2) is 0 Å². The monoisotopic (exact) mass is 253 g/mol. The van der Waals surface area contributed by atoms with Crippen LogP contribution in [-0.4, -0.2) is 43.3 Å². The molecule has 1 heterocycles. The first-order chi connectivity index (χ1) is 8.70. The van der Waals surface area contributed by atoms with Crippen LogP contribution in [0.2, 0.25) is 0 Å². The molecule has 0 atom stereocenters. The zero-order valence-electron chi connectivity index (χ0n) is 11.1. The van der Waals surface area contributed by atoms with Crippen LogP contribution in [0, 0.1) is 18.3 Å². The third-order valence-electron chi connectivity index (χ3n) is 2.38. The van der Waals surface area contributed by atoms with Crippen molar-refractivity contribution < 1.29 is 14.2 Å². The van der Waals surface area contributed by atoms with Gasteiger partial charge in [0, 0.05) is 27.2 Å². The molecule has 0 bridgehead atoms. The van der Waals surface area contributed by atoms with E-state index in [1.165, 1.54) is 0 Å². The highest BCUT2D eigenvalue weighted by molar-refractivity contribution is 5.41. The molecule has 0 radical (unpaired) electrons. The van der Waals surface area contributed by atoms with E-state index in [2.05, 4.69) is 11.2 Å². The van der Waals surface area contributed by atoms with E-state index in [1.54, 1.807) is 25.8 Å². The molecule has 1 aromatic heterocycles. The lowest BCUT2D eigenvalue weighted by Crippen LogP contribution is -2.08. The molecule has 0 unspecified atom stereocenters. The molecule has 0 fully saturated rings. The first kappa shape index (κ1) is 14.5. The van der Waals surface area contributed by atoms with Crippen molar-refractivity contribution in [2.24, 2.45) is 7.05 Å². The number of methoxy groups -OCH3 is 1. The van der Waals surface area contributed by atoms with Gasteiger partial charge in [-0.15, -0.1) is 0 Å². The van der Waals surface area contributed by atoms with Crippen LogP contribution >= 0.6 is 0 Å². The second kappa shape index (κ2) is 7.69. The van der Waals surface area contributed by atoms with Crippen molar-refractivity contribution in [1.29, 1.82) is 5.26 Å². The molecule has 0 saturated heterocycles. The van der Waals surface area contributed by atoms with Crippen LogP contribution in [0.25, 0.3) is 0 Å². The predicted octanol–water partition coefficient (Wildman–Crippen LogP) is 1.03. The molecule has 6 nitrogen and oxygen atoms in total. The normalized spacial score (nSPS) is 10.3. The summed E-state index contributed by atoms with van der Waals surface area (Å²) in [5, 5.41) is 13.1. The minimum absolute atomic E-state index is 0.498. The number of hydrogen-bond acceptors (Lipinski definition) is 5. The molecule has 0 amide bonds. The van der Waals surface area contributed by atoms with Gasteiger partial charge in [0.05, 0.1) is 25.5 Å². The number of hydrogen-bond donors (Lipinski definition) is 0. The molecule has 0 aromatic carbocycles. The van der Waals surface area contributed by atoms with Crippen LogP contribution in [0.1, 0.15) is 17.7 Å². The largest absolute Gasteiger partial charge is 0.477 e. The summed E-state index contributed by atoms with van der Waals surface area (Å²) >= 11 is 0. The Morgan fingerprint density at radius 1 is 1.28 bits per heavy atom. The zero-order chi connectivity index (χ0) is 13.4. The SMILES string of the molecule is COCCOCCCOc1c(C#N)c(C)nn1C. The standard InChI is InChI=1S/C12H19N3O3/c1-10-11(9-13)12(15(2)14-10)18-6-4-5-17-8-7-16-3/h4-8H2,1-3H3. The van der Waals surface area contributed by atoms with E-state index >= 15 is 0 Å². The van der Waals surface area contributed by atoms with Gasteiger partial charge in [-0.25, -0.2) is 4.68 Å². The van der Waals surface area contributed by atoms with Gasteiger partial charge in [-0.1, -0.05) is 0 Å². The van der Waals surface area contributed by atoms with Crippen LogP contribution in [0.5, 0.6) is 5.88 Å². The fourth-order valence-electron chi connectivity index (χ4n) is 1.51. The molecule has 6 heteroatoms. The molecule has 100 valence electrons. The third-order valence-corrected chi connectivity index (χ3v) is 2.38. The summed E-state index contributed by atoms with van der Waals surface area (Å²) in [6.45, 7) is 4.09. The van der Waals surface area contributed by atoms with Crippen LogP contribution in [0.4, 0.5) is 0 Å². The third kappa shape index (κ3) is 4.02. The molecular weight excluding hydrogens is 234 g/mol. The highest BCUT2D eigenvalue weighted by Gasteiger charge is 2.13. The predicted molar refractivity (Wildman–Crippen MR) is 65.5 cm³/mol. The van der Waals surface area contributed by atoms with Crippen molar-refractivity contribution in [2.45, 2.75) is 13.3 Å². The highest BCUT2D eigenvalue weighted by atomic mass is 16.5. The first-order valence-corrected chi connectivity index (χ1v) is 5.84. The van der Waals surface area contributed by atoms with Gasteiger partial charge in [-0.2, -0.15) is 10.4 Å². The average Bonchev–Trinajstić information content (AvgIpc) is 2.62. The van der Waals surface area contributed by atoms with Gasteiger partial charge in [-0.05, 0) is 6.92 Å². The molecular formula is C12H19N3O3. The van der Waals surface area contributed by atoms with Crippen molar-refractivity contribution in [3.63, 3.8) is 0 Å². The Bertz CT molecular complexity index is 409. The highest BCUT2D eigenvalue weighted by Crippen LogP contribution is 2.19. The van der Waals surface area contributed by atoms with E-state index in [9.17, 15) is 0 Å². The fourth-order valence-corrected chi connectivity index (χ4v) is 1.51. The minimum Gasteiger partial charge on any atom is -0.477 e. The minimum atomic E-state index is 0.498. The van der Waals surface area contributed by atoms with Gasteiger partial charge < -0.3 is 14.2 Å². The first-order valence-electron chi connectivity index (χ1n) is 5.84. The molecule has 0 aliphatic rings. The van der Waals surface area contributed by atoms with Crippen LogP contribution in [-0.2, 0) is 16.5 Å². The smallest absolute Gasteiger partial charge is 0.230 e. The van der Waals surface area contributed by atoms with Crippen LogP contribution in [0.15, 0.2) is 0 Å². The lowest BCUT2D eigenvalue weighted by Gasteiger charge is -2.07. The van der Waals surface area contributed by atoms with Crippen molar-refractivity contribution in [3.05, 3.63) is 11.3 Å².